The average Bonchev–Trinajstić information content (AvgIpc) is 2.79. The predicted octanol–water partition coefficient (Wildman–Crippen LogP) is 4.38. The predicted molar refractivity (Wildman–Crippen MR) is 125 cm³/mol. The van der Waals surface area contributed by atoms with E-state index in [2.05, 4.69) is 50.4 Å². The van der Waals surface area contributed by atoms with Crippen LogP contribution in [0.15, 0.2) is 48.5 Å². The second kappa shape index (κ2) is 12.1. The Bertz CT molecular complexity index is 829. The van der Waals surface area contributed by atoms with Crippen LogP contribution in [0.2, 0.25) is 0 Å². The standard InChI is InChI=1S/C26H36N2O3/c1-6-21-7-9-22(10-8-21)13-16-25(29)28(20(4)26(30)27-17-19(2)3)18-23-11-14-24(31-5)15-12-23/h7-12,14-15,19-20H,6,13,16-18H2,1-5H3,(H,27,30). The molecular formula is C26H36N2O3. The van der Waals surface area contributed by atoms with Gasteiger partial charge in [0.05, 0.1) is 7.11 Å². The van der Waals surface area contributed by atoms with E-state index in [4.69, 9.17) is 4.74 Å². The molecule has 0 fully saturated rings. The van der Waals surface area contributed by atoms with Gasteiger partial charge in [-0.25, -0.2) is 0 Å². The van der Waals surface area contributed by atoms with Crippen molar-refractivity contribution in [3.63, 3.8) is 0 Å². The van der Waals surface area contributed by atoms with Gasteiger partial charge in [-0.1, -0.05) is 57.2 Å². The lowest BCUT2D eigenvalue weighted by Gasteiger charge is -2.29. The van der Waals surface area contributed by atoms with E-state index in [1.54, 1.807) is 18.9 Å². The molecule has 0 heterocycles. The van der Waals surface area contributed by atoms with Crippen LogP contribution >= 0.6 is 0 Å². The number of amides is 2. The number of carbonyl (C=O) groups excluding carboxylic acids is 2. The number of rotatable bonds is 11. The quantitative estimate of drug-likeness (QED) is 0.582. The molecule has 1 unspecified atom stereocenters. The highest BCUT2D eigenvalue weighted by molar-refractivity contribution is 5.87. The molecule has 0 aliphatic rings. The molecule has 0 radical (unpaired) electrons. The van der Waals surface area contributed by atoms with Crippen molar-refractivity contribution in [3.05, 3.63) is 65.2 Å². The van der Waals surface area contributed by atoms with Gasteiger partial charge >= 0.3 is 0 Å². The number of nitrogens with zero attached hydrogens (tertiary/aromatic N) is 1. The van der Waals surface area contributed by atoms with Crippen LogP contribution in [-0.2, 0) is 29.0 Å². The summed E-state index contributed by atoms with van der Waals surface area (Å²) in [6, 6.07) is 15.4. The molecule has 168 valence electrons. The lowest BCUT2D eigenvalue weighted by atomic mass is 10.0. The van der Waals surface area contributed by atoms with E-state index in [1.165, 1.54) is 5.56 Å². The maximum atomic E-state index is 13.2. The molecule has 0 spiro atoms. The molecule has 1 atom stereocenters. The second-order valence-electron chi connectivity index (χ2n) is 8.35. The summed E-state index contributed by atoms with van der Waals surface area (Å²) in [6.45, 7) is 9.00. The Morgan fingerprint density at radius 3 is 2.06 bits per heavy atom. The number of hydrogen-bond acceptors (Lipinski definition) is 3. The normalized spacial score (nSPS) is 11.8. The molecule has 0 saturated heterocycles. The SMILES string of the molecule is CCc1ccc(CCC(=O)N(Cc2ccc(OC)cc2)C(C)C(=O)NCC(C)C)cc1. The molecule has 0 bridgehead atoms. The third-order valence-corrected chi connectivity index (χ3v) is 5.42. The van der Waals surface area contributed by atoms with E-state index in [1.807, 2.05) is 24.3 Å². The van der Waals surface area contributed by atoms with Crippen LogP contribution < -0.4 is 10.1 Å². The van der Waals surface area contributed by atoms with Gasteiger partial charge < -0.3 is 15.0 Å². The van der Waals surface area contributed by atoms with Crippen molar-refractivity contribution in [2.45, 2.75) is 59.5 Å². The summed E-state index contributed by atoms with van der Waals surface area (Å²) in [5, 5.41) is 2.95. The van der Waals surface area contributed by atoms with E-state index in [-0.39, 0.29) is 11.8 Å². The van der Waals surface area contributed by atoms with Crippen molar-refractivity contribution in [1.82, 2.24) is 10.2 Å². The number of hydrogen-bond donors (Lipinski definition) is 1. The Balaban J connectivity index is 2.11. The molecular weight excluding hydrogens is 388 g/mol. The Labute approximate surface area is 186 Å². The molecule has 0 aromatic heterocycles. The molecule has 5 nitrogen and oxygen atoms in total. The zero-order valence-electron chi connectivity index (χ0n) is 19.5. The first-order valence-electron chi connectivity index (χ1n) is 11.1. The molecule has 2 aromatic rings. The fraction of sp³-hybridized carbons (Fsp3) is 0.462. The highest BCUT2D eigenvalue weighted by Crippen LogP contribution is 2.17. The number of aryl methyl sites for hydroxylation is 2. The summed E-state index contributed by atoms with van der Waals surface area (Å²) in [5.74, 6) is 0.971. The highest BCUT2D eigenvalue weighted by atomic mass is 16.5. The van der Waals surface area contributed by atoms with Gasteiger partial charge in [0.2, 0.25) is 11.8 Å². The summed E-state index contributed by atoms with van der Waals surface area (Å²) in [4.78, 5) is 27.6. The molecule has 0 aliphatic carbocycles. The molecule has 2 aromatic carbocycles. The van der Waals surface area contributed by atoms with Gasteiger partial charge in [0.25, 0.3) is 0 Å². The third kappa shape index (κ3) is 7.74. The van der Waals surface area contributed by atoms with Crippen LogP contribution in [0.3, 0.4) is 0 Å². The van der Waals surface area contributed by atoms with Crippen molar-refractivity contribution in [1.29, 1.82) is 0 Å². The molecule has 5 heteroatoms. The summed E-state index contributed by atoms with van der Waals surface area (Å²) >= 11 is 0. The van der Waals surface area contributed by atoms with Gasteiger partial charge in [-0.05, 0) is 54.5 Å². The number of benzene rings is 2. The Morgan fingerprint density at radius 2 is 1.52 bits per heavy atom. The lowest BCUT2D eigenvalue weighted by Crippen LogP contribution is -2.48. The van der Waals surface area contributed by atoms with Crippen molar-refractivity contribution in [2.75, 3.05) is 13.7 Å². The summed E-state index contributed by atoms with van der Waals surface area (Å²) in [7, 11) is 1.62. The van der Waals surface area contributed by atoms with Gasteiger partial charge in [-0.3, -0.25) is 9.59 Å². The Hall–Kier alpha value is -2.82. The molecule has 0 saturated carbocycles. The fourth-order valence-corrected chi connectivity index (χ4v) is 3.30. The first-order chi connectivity index (χ1) is 14.8. The van der Waals surface area contributed by atoms with Crippen molar-refractivity contribution >= 4 is 11.8 Å². The van der Waals surface area contributed by atoms with Crippen LogP contribution in [-0.4, -0.2) is 36.4 Å². The molecule has 2 amide bonds. The van der Waals surface area contributed by atoms with Gasteiger partial charge in [0.15, 0.2) is 0 Å². The number of methoxy groups -OCH3 is 1. The lowest BCUT2D eigenvalue weighted by molar-refractivity contribution is -0.140. The minimum absolute atomic E-state index is 0.0254. The number of nitrogens with one attached hydrogen (secondary N) is 1. The van der Waals surface area contributed by atoms with Gasteiger partial charge in [0, 0.05) is 19.5 Å². The molecule has 2 rings (SSSR count). The summed E-state index contributed by atoms with van der Waals surface area (Å²) < 4.78 is 5.22. The zero-order chi connectivity index (χ0) is 22.8. The van der Waals surface area contributed by atoms with Gasteiger partial charge in [-0.2, -0.15) is 0 Å². The van der Waals surface area contributed by atoms with E-state index >= 15 is 0 Å². The minimum atomic E-state index is -0.546. The van der Waals surface area contributed by atoms with Crippen molar-refractivity contribution in [2.24, 2.45) is 5.92 Å². The third-order valence-electron chi connectivity index (χ3n) is 5.42. The van der Waals surface area contributed by atoms with Crippen LogP contribution in [0.4, 0.5) is 0 Å². The average molecular weight is 425 g/mol. The van der Waals surface area contributed by atoms with Crippen LogP contribution in [0, 0.1) is 5.92 Å². The van der Waals surface area contributed by atoms with E-state index < -0.39 is 6.04 Å². The molecule has 1 N–H and O–H groups in total. The smallest absolute Gasteiger partial charge is 0.242 e. The van der Waals surface area contributed by atoms with E-state index in [9.17, 15) is 9.59 Å². The second-order valence-corrected chi connectivity index (χ2v) is 8.35. The Kier molecular flexibility index (Phi) is 9.57. The Morgan fingerprint density at radius 1 is 0.935 bits per heavy atom. The first-order valence-corrected chi connectivity index (χ1v) is 11.1. The maximum Gasteiger partial charge on any atom is 0.242 e. The monoisotopic (exact) mass is 424 g/mol. The van der Waals surface area contributed by atoms with Crippen molar-refractivity contribution < 1.29 is 14.3 Å². The van der Waals surface area contributed by atoms with Gasteiger partial charge in [0.1, 0.15) is 11.8 Å². The first kappa shape index (κ1) is 24.4. The minimum Gasteiger partial charge on any atom is -0.497 e. The van der Waals surface area contributed by atoms with Gasteiger partial charge in [-0.15, -0.1) is 0 Å². The van der Waals surface area contributed by atoms with Crippen LogP contribution in [0.1, 0.15) is 50.8 Å². The molecule has 0 aliphatic heterocycles. The van der Waals surface area contributed by atoms with Crippen molar-refractivity contribution in [3.8, 4) is 5.75 Å². The fourth-order valence-electron chi connectivity index (χ4n) is 3.30. The topological polar surface area (TPSA) is 58.6 Å². The van der Waals surface area contributed by atoms with Crippen LogP contribution in [0.25, 0.3) is 0 Å². The van der Waals surface area contributed by atoms with E-state index in [0.717, 1.165) is 23.3 Å². The summed E-state index contributed by atoms with van der Waals surface area (Å²) in [5.41, 5.74) is 3.38. The molecule has 31 heavy (non-hydrogen) atoms. The zero-order valence-corrected chi connectivity index (χ0v) is 19.5. The van der Waals surface area contributed by atoms with Crippen LogP contribution in [0.5, 0.6) is 5.75 Å². The maximum absolute atomic E-state index is 13.2. The number of carbonyl (C=O) groups is 2. The highest BCUT2D eigenvalue weighted by Gasteiger charge is 2.26. The van der Waals surface area contributed by atoms with E-state index in [0.29, 0.717) is 31.8 Å². The number of ether oxygens (including phenoxy) is 1. The summed E-state index contributed by atoms with van der Waals surface area (Å²) in [6.07, 6.45) is 2.02. The largest absolute Gasteiger partial charge is 0.497 e.